The fourth-order valence-electron chi connectivity index (χ4n) is 2.22. The van der Waals surface area contributed by atoms with Gasteiger partial charge >= 0.3 is 0 Å². The normalized spacial score (nSPS) is 13.0. The van der Waals surface area contributed by atoms with E-state index in [1.54, 1.807) is 21.1 Å². The van der Waals surface area contributed by atoms with Crippen molar-refractivity contribution in [2.75, 3.05) is 32.8 Å². The lowest BCUT2D eigenvalue weighted by Crippen LogP contribution is -2.19. The summed E-state index contributed by atoms with van der Waals surface area (Å²) in [6.45, 7) is 1.68. The lowest BCUT2D eigenvalue weighted by atomic mass is 10.0. The Bertz CT molecular complexity index is 543. The molecule has 0 radical (unpaired) electrons. The van der Waals surface area contributed by atoms with E-state index in [1.165, 1.54) is 0 Å². The molecule has 0 saturated carbocycles. The van der Waals surface area contributed by atoms with Gasteiger partial charge in [-0.1, -0.05) is 6.92 Å². The highest BCUT2D eigenvalue weighted by Crippen LogP contribution is 2.31. The summed E-state index contributed by atoms with van der Waals surface area (Å²) < 4.78 is 33.8. The monoisotopic (exact) mass is 315 g/mol. The van der Waals surface area contributed by atoms with Crippen molar-refractivity contribution >= 4 is 9.84 Å². The molecule has 1 aromatic carbocycles. The van der Waals surface area contributed by atoms with Crippen LogP contribution in [0.4, 0.5) is 0 Å². The molecule has 0 heterocycles. The standard InChI is InChI=1S/C15H25NO4S/c1-5-21(17,18)10-6-7-14(16-2)13-11-12(19-3)8-9-15(13)20-4/h8-9,11,14,16H,5-7,10H2,1-4H3. The third-order valence-electron chi connectivity index (χ3n) is 3.55. The molecule has 1 rings (SSSR count). The molecule has 1 N–H and O–H groups in total. The van der Waals surface area contributed by atoms with Crippen LogP contribution in [0, 0.1) is 0 Å². The van der Waals surface area contributed by atoms with Gasteiger partial charge in [0.25, 0.3) is 0 Å². The molecule has 0 spiro atoms. The number of benzene rings is 1. The molecule has 120 valence electrons. The Labute approximate surface area is 127 Å². The molecule has 6 heteroatoms. The first-order valence-corrected chi connectivity index (χ1v) is 8.89. The smallest absolute Gasteiger partial charge is 0.150 e. The van der Waals surface area contributed by atoms with E-state index in [2.05, 4.69) is 5.32 Å². The van der Waals surface area contributed by atoms with Crippen molar-refractivity contribution in [3.63, 3.8) is 0 Å². The number of hydrogen-bond acceptors (Lipinski definition) is 5. The van der Waals surface area contributed by atoms with E-state index < -0.39 is 9.84 Å². The minimum atomic E-state index is -2.92. The zero-order valence-electron chi connectivity index (χ0n) is 13.2. The summed E-state index contributed by atoms with van der Waals surface area (Å²) in [7, 11) is 2.18. The fraction of sp³-hybridized carbons (Fsp3) is 0.600. The second-order valence-electron chi connectivity index (χ2n) is 4.83. The quantitative estimate of drug-likeness (QED) is 0.756. The van der Waals surface area contributed by atoms with Crippen molar-refractivity contribution in [1.82, 2.24) is 5.32 Å². The number of hydrogen-bond donors (Lipinski definition) is 1. The van der Waals surface area contributed by atoms with Gasteiger partial charge in [-0.05, 0) is 38.1 Å². The zero-order chi connectivity index (χ0) is 15.9. The van der Waals surface area contributed by atoms with Gasteiger partial charge in [-0.2, -0.15) is 0 Å². The fourth-order valence-corrected chi connectivity index (χ4v) is 3.11. The SMILES string of the molecule is CCS(=O)(=O)CCCC(NC)c1cc(OC)ccc1OC. The summed E-state index contributed by atoms with van der Waals surface area (Å²) in [5.74, 6) is 1.94. The van der Waals surface area contributed by atoms with Crippen molar-refractivity contribution in [2.24, 2.45) is 0 Å². The number of rotatable bonds is 9. The Morgan fingerprint density at radius 3 is 2.48 bits per heavy atom. The first-order valence-electron chi connectivity index (χ1n) is 7.07. The first kappa shape index (κ1) is 17.8. The summed E-state index contributed by atoms with van der Waals surface area (Å²) in [4.78, 5) is 0. The van der Waals surface area contributed by atoms with Crippen molar-refractivity contribution in [3.05, 3.63) is 23.8 Å². The van der Waals surface area contributed by atoms with Crippen LogP contribution in [-0.4, -0.2) is 41.2 Å². The summed E-state index contributed by atoms with van der Waals surface area (Å²) in [5.41, 5.74) is 0.980. The highest BCUT2D eigenvalue weighted by atomic mass is 32.2. The van der Waals surface area contributed by atoms with E-state index in [9.17, 15) is 8.42 Å². The van der Waals surface area contributed by atoms with Gasteiger partial charge in [0.05, 0.1) is 20.0 Å². The van der Waals surface area contributed by atoms with Gasteiger partial charge in [-0.15, -0.1) is 0 Å². The van der Waals surface area contributed by atoms with Crippen LogP contribution in [0.5, 0.6) is 11.5 Å². The highest BCUT2D eigenvalue weighted by molar-refractivity contribution is 7.91. The molecule has 0 fully saturated rings. The molecular weight excluding hydrogens is 290 g/mol. The van der Waals surface area contributed by atoms with E-state index in [-0.39, 0.29) is 17.5 Å². The molecule has 0 bridgehead atoms. The third kappa shape index (κ3) is 5.21. The van der Waals surface area contributed by atoms with Crippen LogP contribution in [0.1, 0.15) is 31.4 Å². The van der Waals surface area contributed by atoms with Gasteiger partial charge in [0.2, 0.25) is 0 Å². The van der Waals surface area contributed by atoms with Crippen molar-refractivity contribution in [1.29, 1.82) is 0 Å². The molecule has 0 saturated heterocycles. The number of nitrogens with one attached hydrogen (secondary N) is 1. The van der Waals surface area contributed by atoms with Gasteiger partial charge in [0.15, 0.2) is 0 Å². The first-order chi connectivity index (χ1) is 9.97. The molecule has 5 nitrogen and oxygen atoms in total. The summed E-state index contributed by atoms with van der Waals surface area (Å²) >= 11 is 0. The van der Waals surface area contributed by atoms with Crippen LogP contribution in [0.15, 0.2) is 18.2 Å². The van der Waals surface area contributed by atoms with E-state index in [0.29, 0.717) is 6.42 Å². The number of methoxy groups -OCH3 is 2. The van der Waals surface area contributed by atoms with Gasteiger partial charge in [0, 0.05) is 17.4 Å². The average Bonchev–Trinajstić information content (AvgIpc) is 2.51. The molecule has 21 heavy (non-hydrogen) atoms. The predicted octanol–water partition coefficient (Wildman–Crippen LogP) is 2.18. The summed E-state index contributed by atoms with van der Waals surface area (Å²) in [5, 5.41) is 3.22. The lowest BCUT2D eigenvalue weighted by Gasteiger charge is -2.20. The van der Waals surface area contributed by atoms with Crippen LogP contribution in [0.3, 0.4) is 0 Å². The molecule has 0 aliphatic heterocycles. The van der Waals surface area contributed by atoms with Crippen molar-refractivity contribution in [3.8, 4) is 11.5 Å². The molecule has 1 atom stereocenters. The van der Waals surface area contributed by atoms with Crippen molar-refractivity contribution in [2.45, 2.75) is 25.8 Å². The predicted molar refractivity (Wildman–Crippen MR) is 84.9 cm³/mol. The molecule has 1 unspecified atom stereocenters. The molecule has 0 amide bonds. The Hall–Kier alpha value is -1.27. The van der Waals surface area contributed by atoms with E-state index in [4.69, 9.17) is 9.47 Å². The zero-order valence-corrected chi connectivity index (χ0v) is 14.0. The van der Waals surface area contributed by atoms with E-state index >= 15 is 0 Å². The molecule has 0 aliphatic carbocycles. The maximum absolute atomic E-state index is 11.6. The topological polar surface area (TPSA) is 64.6 Å². The van der Waals surface area contributed by atoms with Gasteiger partial charge in [-0.25, -0.2) is 8.42 Å². The lowest BCUT2D eigenvalue weighted by molar-refractivity contribution is 0.389. The van der Waals surface area contributed by atoms with Crippen molar-refractivity contribution < 1.29 is 17.9 Å². The van der Waals surface area contributed by atoms with E-state index in [1.807, 2.05) is 25.2 Å². The number of ether oxygens (including phenoxy) is 2. The van der Waals surface area contributed by atoms with Gasteiger partial charge < -0.3 is 14.8 Å². The van der Waals surface area contributed by atoms with Crippen LogP contribution in [0.2, 0.25) is 0 Å². The molecular formula is C15H25NO4S. The largest absolute Gasteiger partial charge is 0.497 e. The summed E-state index contributed by atoms with van der Waals surface area (Å²) in [6, 6.07) is 5.66. The third-order valence-corrected chi connectivity index (χ3v) is 5.34. The number of sulfone groups is 1. The average molecular weight is 315 g/mol. The second kappa shape index (κ2) is 8.24. The highest BCUT2D eigenvalue weighted by Gasteiger charge is 2.17. The molecule has 0 aromatic heterocycles. The Kier molecular flexibility index (Phi) is 6.98. The minimum Gasteiger partial charge on any atom is -0.497 e. The van der Waals surface area contributed by atoms with Gasteiger partial charge in [-0.3, -0.25) is 0 Å². The molecule has 0 aliphatic rings. The second-order valence-corrected chi connectivity index (χ2v) is 7.30. The molecule has 1 aromatic rings. The maximum atomic E-state index is 11.6. The van der Waals surface area contributed by atoms with E-state index in [0.717, 1.165) is 23.5 Å². The Balaban J connectivity index is 2.84. The Morgan fingerprint density at radius 2 is 1.95 bits per heavy atom. The van der Waals surface area contributed by atoms with Crippen LogP contribution < -0.4 is 14.8 Å². The maximum Gasteiger partial charge on any atom is 0.150 e. The van der Waals surface area contributed by atoms with Crippen LogP contribution in [0.25, 0.3) is 0 Å². The summed E-state index contributed by atoms with van der Waals surface area (Å²) in [6.07, 6.45) is 1.33. The van der Waals surface area contributed by atoms with Crippen LogP contribution in [-0.2, 0) is 9.84 Å². The minimum absolute atomic E-state index is 0.0297. The van der Waals surface area contributed by atoms with Crippen LogP contribution >= 0.6 is 0 Å². The Morgan fingerprint density at radius 1 is 1.24 bits per heavy atom. The van der Waals surface area contributed by atoms with Gasteiger partial charge in [0.1, 0.15) is 21.3 Å².